The second-order valence-electron chi connectivity index (χ2n) is 12.2. The van der Waals surface area contributed by atoms with Crippen LogP contribution in [-0.4, -0.2) is 55.3 Å². The fourth-order valence-electron chi connectivity index (χ4n) is 7.09. The zero-order valence-corrected chi connectivity index (χ0v) is 23.8. The van der Waals surface area contributed by atoms with Crippen LogP contribution in [0.5, 0.6) is 5.75 Å². The van der Waals surface area contributed by atoms with Crippen LogP contribution in [0.25, 0.3) is 0 Å². The fraction of sp³-hybridized carbons (Fsp3) is 0.567. The van der Waals surface area contributed by atoms with E-state index >= 15 is 0 Å². The van der Waals surface area contributed by atoms with Crippen LogP contribution >= 0.6 is 0 Å². The average Bonchev–Trinajstić information content (AvgIpc) is 3.35. The summed E-state index contributed by atoms with van der Waals surface area (Å²) in [5.74, 6) is 0.858. The molecule has 200 valence electrons. The molecule has 3 aliphatic rings. The van der Waals surface area contributed by atoms with Crippen molar-refractivity contribution < 1.29 is 24.1 Å². The number of hydrogen-bond donors (Lipinski definition) is 1. The van der Waals surface area contributed by atoms with Crippen LogP contribution in [0.1, 0.15) is 37.3 Å². The third-order valence-electron chi connectivity index (χ3n) is 9.03. The van der Waals surface area contributed by atoms with Crippen LogP contribution < -0.4 is 4.74 Å². The minimum atomic E-state index is -1.58. The Balaban J connectivity index is 1.58. The van der Waals surface area contributed by atoms with Gasteiger partial charge in [-0.25, -0.2) is 9.69 Å². The molecule has 2 saturated heterocycles. The van der Waals surface area contributed by atoms with E-state index in [1.165, 1.54) is 5.56 Å². The van der Waals surface area contributed by atoms with Crippen molar-refractivity contribution in [2.24, 2.45) is 11.8 Å². The minimum Gasteiger partial charge on any atom is -0.497 e. The molecule has 2 bridgehead atoms. The number of carbonyl (C=O) groups is 1. The topological polar surface area (TPSA) is 68.2 Å². The summed E-state index contributed by atoms with van der Waals surface area (Å²) < 4.78 is 17.9. The second-order valence-corrected chi connectivity index (χ2v) is 17.7. The molecule has 37 heavy (non-hydrogen) atoms. The number of aliphatic hydroxyl groups excluding tert-OH is 1. The average molecular weight is 524 g/mol. The van der Waals surface area contributed by atoms with Gasteiger partial charge in [-0.15, -0.1) is 0 Å². The number of fused-ring (bicyclic) bond motifs is 1. The molecule has 1 saturated carbocycles. The quantitative estimate of drug-likeness (QED) is 0.378. The van der Waals surface area contributed by atoms with Gasteiger partial charge in [0.1, 0.15) is 17.7 Å². The monoisotopic (exact) mass is 523 g/mol. The summed E-state index contributed by atoms with van der Waals surface area (Å²) in [4.78, 5) is 15.6. The number of piperidine rings is 1. The lowest BCUT2D eigenvalue weighted by molar-refractivity contribution is -0.177. The normalized spacial score (nSPS) is 33.2. The number of likely N-dealkylation sites (tertiary alicyclic amines) is 1. The van der Waals surface area contributed by atoms with Gasteiger partial charge in [-0.05, 0) is 67.3 Å². The molecule has 1 aliphatic carbocycles. The molecular weight excluding hydrogens is 482 g/mol. The Labute approximate surface area is 221 Å². The molecule has 0 radical (unpaired) electrons. The van der Waals surface area contributed by atoms with Crippen molar-refractivity contribution in [3.05, 3.63) is 65.7 Å². The first-order valence-corrected chi connectivity index (χ1v) is 17.2. The molecule has 7 heteroatoms. The van der Waals surface area contributed by atoms with E-state index in [0.717, 1.165) is 30.6 Å². The van der Waals surface area contributed by atoms with Gasteiger partial charge < -0.3 is 19.3 Å². The lowest BCUT2D eigenvalue weighted by atomic mass is 9.66. The van der Waals surface area contributed by atoms with Gasteiger partial charge in [0.15, 0.2) is 0 Å². The SMILES string of the molecule is CCOC(=O)[C@@]12C[C@@H]3[C@H](Cc4cccc(OC)c4)C[C@H]([Si](C)(C)C)C[C@@]3(O1)N(Cc1ccccc1)[C@@H]2O. The van der Waals surface area contributed by atoms with Gasteiger partial charge in [-0.2, -0.15) is 0 Å². The van der Waals surface area contributed by atoms with E-state index in [1.807, 2.05) is 37.3 Å². The van der Waals surface area contributed by atoms with Gasteiger partial charge >= 0.3 is 5.97 Å². The van der Waals surface area contributed by atoms with Crippen LogP contribution in [0, 0.1) is 11.8 Å². The van der Waals surface area contributed by atoms with Crippen molar-refractivity contribution in [2.45, 2.75) is 81.9 Å². The molecule has 5 rings (SSSR count). The highest BCUT2D eigenvalue weighted by Gasteiger charge is 2.76. The minimum absolute atomic E-state index is 0.114. The van der Waals surface area contributed by atoms with Gasteiger partial charge in [-0.3, -0.25) is 0 Å². The number of hydrogen-bond acceptors (Lipinski definition) is 6. The van der Waals surface area contributed by atoms with Gasteiger partial charge in [0, 0.05) is 20.5 Å². The van der Waals surface area contributed by atoms with E-state index in [2.05, 4.69) is 48.8 Å². The van der Waals surface area contributed by atoms with Crippen molar-refractivity contribution >= 4 is 14.0 Å². The highest BCUT2D eigenvalue weighted by atomic mass is 28.3. The Morgan fingerprint density at radius 1 is 1.11 bits per heavy atom. The molecule has 1 spiro atoms. The molecule has 0 unspecified atom stereocenters. The highest BCUT2D eigenvalue weighted by Crippen LogP contribution is 2.65. The summed E-state index contributed by atoms with van der Waals surface area (Å²) in [6.07, 6.45) is 2.29. The van der Waals surface area contributed by atoms with Crippen LogP contribution in [-0.2, 0) is 27.2 Å². The summed E-state index contributed by atoms with van der Waals surface area (Å²) in [7, 11) is 0.123. The number of rotatable bonds is 8. The highest BCUT2D eigenvalue weighted by molar-refractivity contribution is 6.77. The van der Waals surface area contributed by atoms with E-state index in [0.29, 0.717) is 24.4 Å². The Bertz CT molecular complexity index is 1120. The lowest BCUT2D eigenvalue weighted by Gasteiger charge is -2.54. The molecule has 6 atom stereocenters. The third kappa shape index (κ3) is 4.54. The number of methoxy groups -OCH3 is 1. The first kappa shape index (κ1) is 26.4. The fourth-order valence-corrected chi connectivity index (χ4v) is 9.01. The van der Waals surface area contributed by atoms with Crippen molar-refractivity contribution in [2.75, 3.05) is 13.7 Å². The van der Waals surface area contributed by atoms with Gasteiger partial charge in [-0.1, -0.05) is 62.1 Å². The molecule has 0 aromatic heterocycles. The lowest BCUT2D eigenvalue weighted by Crippen LogP contribution is -2.63. The number of esters is 1. The van der Waals surface area contributed by atoms with Crippen molar-refractivity contribution in [3.63, 3.8) is 0 Å². The number of ether oxygens (including phenoxy) is 3. The number of nitrogens with zero attached hydrogens (tertiary/aromatic N) is 1. The molecular formula is C30H41NO5Si. The van der Waals surface area contributed by atoms with Crippen LogP contribution in [0.3, 0.4) is 0 Å². The molecule has 6 nitrogen and oxygen atoms in total. The van der Waals surface area contributed by atoms with Gasteiger partial charge in [0.25, 0.3) is 0 Å². The van der Waals surface area contributed by atoms with Crippen LogP contribution in [0.2, 0.25) is 25.2 Å². The maximum Gasteiger partial charge on any atom is 0.342 e. The van der Waals surface area contributed by atoms with E-state index in [-0.39, 0.29) is 12.5 Å². The van der Waals surface area contributed by atoms with Crippen molar-refractivity contribution in [1.29, 1.82) is 0 Å². The summed E-state index contributed by atoms with van der Waals surface area (Å²) in [5, 5.41) is 11.7. The predicted molar refractivity (Wildman–Crippen MR) is 146 cm³/mol. The second kappa shape index (κ2) is 9.84. The maximum atomic E-state index is 13.5. The first-order valence-electron chi connectivity index (χ1n) is 13.6. The largest absolute Gasteiger partial charge is 0.497 e. The summed E-state index contributed by atoms with van der Waals surface area (Å²) in [6, 6.07) is 18.5. The van der Waals surface area contributed by atoms with Gasteiger partial charge in [0.2, 0.25) is 5.60 Å². The zero-order valence-electron chi connectivity index (χ0n) is 22.8. The predicted octanol–water partition coefficient (Wildman–Crippen LogP) is 5.23. The Hall–Kier alpha value is -2.19. The van der Waals surface area contributed by atoms with E-state index in [4.69, 9.17) is 14.2 Å². The van der Waals surface area contributed by atoms with E-state index in [1.54, 1.807) is 7.11 Å². The Morgan fingerprint density at radius 3 is 2.51 bits per heavy atom. The van der Waals surface area contributed by atoms with Gasteiger partial charge in [0.05, 0.1) is 13.7 Å². The van der Waals surface area contributed by atoms with Crippen molar-refractivity contribution in [3.8, 4) is 5.75 Å². The molecule has 1 N–H and O–H groups in total. The molecule has 2 aliphatic heterocycles. The molecule has 0 amide bonds. The number of carbonyl (C=O) groups excluding carboxylic acids is 1. The van der Waals surface area contributed by atoms with E-state index in [9.17, 15) is 9.90 Å². The summed E-state index contributed by atoms with van der Waals surface area (Å²) in [5.41, 5.74) is 0.787. The zero-order chi connectivity index (χ0) is 26.4. The van der Waals surface area contributed by atoms with Crippen LogP contribution in [0.4, 0.5) is 0 Å². The van der Waals surface area contributed by atoms with E-state index < -0.39 is 31.6 Å². The molecule has 2 aromatic rings. The molecule has 2 heterocycles. The number of benzene rings is 2. The molecule has 3 fully saturated rings. The summed E-state index contributed by atoms with van der Waals surface area (Å²) >= 11 is 0. The van der Waals surface area contributed by atoms with Crippen molar-refractivity contribution in [1.82, 2.24) is 4.90 Å². The standard InChI is InChI=1S/C30H41NO5Si/c1-6-35-28(33)29-19-26-23(15-22-13-10-14-24(16-22)34-2)17-25(37(3,4)5)18-30(26,36-29)31(27(29)32)20-21-11-8-7-9-12-21/h7-14,16,23,25-27,32H,6,15,17-20H2,1-5H3/t23-,25+,26-,27-,29+,30+/m1/s1. The number of aliphatic hydroxyl groups is 1. The Morgan fingerprint density at radius 2 is 1.84 bits per heavy atom. The molecule has 2 aromatic carbocycles. The maximum absolute atomic E-state index is 13.5. The summed E-state index contributed by atoms with van der Waals surface area (Å²) in [6.45, 7) is 9.89. The third-order valence-corrected chi connectivity index (χ3v) is 11.9. The van der Waals surface area contributed by atoms with Crippen LogP contribution in [0.15, 0.2) is 54.6 Å². The smallest absolute Gasteiger partial charge is 0.342 e. The first-order chi connectivity index (χ1) is 17.6. The Kier molecular flexibility index (Phi) is 7.03.